The molecule has 0 unspecified atom stereocenters. The molecule has 6 heteroatoms. The number of rotatable bonds is 6. The molecule has 1 fully saturated rings. The van der Waals surface area contributed by atoms with E-state index in [0.29, 0.717) is 6.42 Å². The number of aliphatic hydroxyl groups is 2. The minimum atomic E-state index is -3.66. The van der Waals surface area contributed by atoms with E-state index in [2.05, 4.69) is 4.72 Å². The molecule has 0 aliphatic heterocycles. The summed E-state index contributed by atoms with van der Waals surface area (Å²) in [6, 6.07) is 7.41. The van der Waals surface area contributed by atoms with E-state index >= 15 is 0 Å². The molecule has 0 aromatic heterocycles. The largest absolute Gasteiger partial charge is 0.390 e. The highest BCUT2D eigenvalue weighted by Crippen LogP contribution is 2.37. The first-order valence-electron chi connectivity index (χ1n) is 6.88. The van der Waals surface area contributed by atoms with Crippen LogP contribution in [0.15, 0.2) is 35.2 Å². The van der Waals surface area contributed by atoms with E-state index in [9.17, 15) is 18.6 Å². The molecule has 20 heavy (non-hydrogen) atoms. The normalized spacial score (nSPS) is 29.9. The lowest BCUT2D eigenvalue weighted by Crippen LogP contribution is -2.69. The second-order valence-corrected chi connectivity index (χ2v) is 7.05. The lowest BCUT2D eigenvalue weighted by atomic mass is 9.69. The van der Waals surface area contributed by atoms with Gasteiger partial charge in [-0.15, -0.1) is 0 Å². The Labute approximate surface area is 119 Å². The Bertz CT molecular complexity index is 546. The van der Waals surface area contributed by atoms with Crippen LogP contribution in [0.4, 0.5) is 0 Å². The molecule has 0 radical (unpaired) electrons. The minimum absolute atomic E-state index is 0.166. The second-order valence-electron chi connectivity index (χ2n) is 5.33. The molecular formula is C14H21NO4S. The molecular weight excluding hydrogens is 278 g/mol. The van der Waals surface area contributed by atoms with Crippen LogP contribution >= 0.6 is 0 Å². The summed E-state index contributed by atoms with van der Waals surface area (Å²) in [5.74, 6) is 0. The summed E-state index contributed by atoms with van der Waals surface area (Å²) in [5.41, 5.74) is -1.35. The molecule has 0 heterocycles. The van der Waals surface area contributed by atoms with Crippen LogP contribution in [-0.4, -0.2) is 36.4 Å². The smallest absolute Gasteiger partial charge is 0.240 e. The van der Waals surface area contributed by atoms with Crippen molar-refractivity contribution >= 4 is 10.0 Å². The van der Waals surface area contributed by atoms with Gasteiger partial charge >= 0.3 is 0 Å². The lowest BCUT2D eigenvalue weighted by Gasteiger charge is -2.49. The number of sulfonamides is 1. The van der Waals surface area contributed by atoms with E-state index in [1.54, 1.807) is 18.2 Å². The monoisotopic (exact) mass is 299 g/mol. The molecule has 1 aliphatic rings. The average Bonchev–Trinajstić information content (AvgIpc) is 2.45. The first-order chi connectivity index (χ1) is 9.40. The molecule has 5 nitrogen and oxygen atoms in total. The Kier molecular flexibility index (Phi) is 4.49. The van der Waals surface area contributed by atoms with Crippen LogP contribution in [-0.2, 0) is 10.0 Å². The van der Waals surface area contributed by atoms with E-state index in [4.69, 9.17) is 0 Å². The van der Waals surface area contributed by atoms with Gasteiger partial charge in [0.25, 0.3) is 0 Å². The van der Waals surface area contributed by atoms with Gasteiger partial charge in [-0.1, -0.05) is 38.0 Å². The molecule has 1 aromatic carbocycles. The van der Waals surface area contributed by atoms with Gasteiger partial charge in [0.1, 0.15) is 5.60 Å². The highest BCUT2D eigenvalue weighted by molar-refractivity contribution is 7.89. The molecule has 3 N–H and O–H groups in total. The van der Waals surface area contributed by atoms with Gasteiger partial charge in [-0.05, 0) is 25.0 Å². The third-order valence-corrected chi connectivity index (χ3v) is 5.41. The van der Waals surface area contributed by atoms with Crippen LogP contribution in [0.2, 0.25) is 0 Å². The number of hydrogen-bond donors (Lipinski definition) is 3. The van der Waals surface area contributed by atoms with Gasteiger partial charge in [0.2, 0.25) is 10.0 Å². The standard InChI is InChI=1S/C14H21NO4S/c1-2-3-9-14(17)12(10-13(14)16)15-20(18,19)11-7-5-4-6-8-11/h4-8,12-13,15-17H,2-3,9-10H2,1H3/t12-,13+,14-/m1/s1. The van der Waals surface area contributed by atoms with Crippen molar-refractivity contribution in [2.45, 2.75) is 55.2 Å². The first-order valence-corrected chi connectivity index (χ1v) is 8.36. The first kappa shape index (κ1) is 15.4. The molecule has 3 atom stereocenters. The number of benzene rings is 1. The number of aliphatic hydroxyl groups excluding tert-OH is 1. The molecule has 0 spiro atoms. The van der Waals surface area contributed by atoms with E-state index in [-0.39, 0.29) is 11.3 Å². The Hall–Kier alpha value is -0.950. The van der Waals surface area contributed by atoms with E-state index in [1.807, 2.05) is 6.92 Å². The summed E-state index contributed by atoms with van der Waals surface area (Å²) in [6.07, 6.45) is 1.40. The van der Waals surface area contributed by atoms with Gasteiger partial charge in [-0.25, -0.2) is 13.1 Å². The van der Waals surface area contributed by atoms with Crippen molar-refractivity contribution in [1.29, 1.82) is 0 Å². The maximum absolute atomic E-state index is 12.2. The topological polar surface area (TPSA) is 86.6 Å². The predicted molar refractivity (Wildman–Crippen MR) is 75.7 cm³/mol. The fourth-order valence-corrected chi connectivity index (χ4v) is 3.84. The van der Waals surface area contributed by atoms with Crippen LogP contribution in [0.1, 0.15) is 32.6 Å². The summed E-state index contributed by atoms with van der Waals surface area (Å²) in [7, 11) is -3.66. The maximum Gasteiger partial charge on any atom is 0.240 e. The predicted octanol–water partition coefficient (Wildman–Crippen LogP) is 1.02. The van der Waals surface area contributed by atoms with E-state index in [0.717, 1.165) is 12.8 Å². The van der Waals surface area contributed by atoms with E-state index < -0.39 is 27.8 Å². The molecule has 0 saturated heterocycles. The fraction of sp³-hybridized carbons (Fsp3) is 0.571. The summed E-state index contributed by atoms with van der Waals surface area (Å²) >= 11 is 0. The summed E-state index contributed by atoms with van der Waals surface area (Å²) < 4.78 is 26.9. The van der Waals surface area contributed by atoms with Crippen LogP contribution in [0, 0.1) is 0 Å². The van der Waals surface area contributed by atoms with Crippen LogP contribution < -0.4 is 4.72 Å². The van der Waals surface area contributed by atoms with Crippen molar-refractivity contribution in [2.24, 2.45) is 0 Å². The Morgan fingerprint density at radius 2 is 2.00 bits per heavy atom. The Morgan fingerprint density at radius 3 is 2.55 bits per heavy atom. The van der Waals surface area contributed by atoms with Gasteiger partial charge in [0.05, 0.1) is 17.0 Å². The zero-order chi connectivity index (χ0) is 14.8. The summed E-state index contributed by atoms with van der Waals surface area (Å²) in [4.78, 5) is 0.166. The number of unbranched alkanes of at least 4 members (excludes halogenated alkanes) is 1. The van der Waals surface area contributed by atoms with Gasteiger partial charge < -0.3 is 10.2 Å². The number of hydrogen-bond acceptors (Lipinski definition) is 4. The fourth-order valence-electron chi connectivity index (χ4n) is 2.51. The third kappa shape index (κ3) is 2.88. The molecule has 2 rings (SSSR count). The zero-order valence-electron chi connectivity index (χ0n) is 11.5. The van der Waals surface area contributed by atoms with Gasteiger partial charge in [-0.2, -0.15) is 0 Å². The highest BCUT2D eigenvalue weighted by Gasteiger charge is 2.54. The van der Waals surface area contributed by atoms with Crippen LogP contribution in [0.5, 0.6) is 0 Å². The molecule has 1 saturated carbocycles. The molecule has 0 amide bonds. The minimum Gasteiger partial charge on any atom is -0.390 e. The van der Waals surface area contributed by atoms with E-state index in [1.165, 1.54) is 12.1 Å². The van der Waals surface area contributed by atoms with Crippen molar-refractivity contribution in [1.82, 2.24) is 4.72 Å². The average molecular weight is 299 g/mol. The van der Waals surface area contributed by atoms with Gasteiger partial charge in [0, 0.05) is 0 Å². The zero-order valence-corrected chi connectivity index (χ0v) is 12.3. The lowest BCUT2D eigenvalue weighted by molar-refractivity contribution is -0.168. The molecule has 112 valence electrons. The molecule has 1 aliphatic carbocycles. The SMILES string of the molecule is CCCC[C@]1(O)[C@@H](O)C[C@H]1NS(=O)(=O)c1ccccc1. The van der Waals surface area contributed by atoms with Crippen molar-refractivity contribution in [3.63, 3.8) is 0 Å². The van der Waals surface area contributed by atoms with Crippen LogP contribution in [0.3, 0.4) is 0 Å². The highest BCUT2D eigenvalue weighted by atomic mass is 32.2. The number of nitrogens with one attached hydrogen (secondary N) is 1. The Morgan fingerprint density at radius 1 is 1.35 bits per heavy atom. The summed E-state index contributed by atoms with van der Waals surface area (Å²) in [6.45, 7) is 1.98. The maximum atomic E-state index is 12.2. The van der Waals surface area contributed by atoms with Gasteiger partial charge in [-0.3, -0.25) is 0 Å². The van der Waals surface area contributed by atoms with Crippen molar-refractivity contribution < 1.29 is 18.6 Å². The summed E-state index contributed by atoms with van der Waals surface area (Å²) in [5, 5.41) is 20.1. The molecule has 1 aromatic rings. The molecule has 0 bridgehead atoms. The van der Waals surface area contributed by atoms with Gasteiger partial charge in [0.15, 0.2) is 0 Å². The van der Waals surface area contributed by atoms with Crippen molar-refractivity contribution in [3.8, 4) is 0 Å². The second kappa shape index (κ2) is 5.81. The van der Waals surface area contributed by atoms with Crippen LogP contribution in [0.25, 0.3) is 0 Å². The quantitative estimate of drug-likeness (QED) is 0.732. The van der Waals surface area contributed by atoms with Crippen molar-refractivity contribution in [3.05, 3.63) is 30.3 Å². The van der Waals surface area contributed by atoms with Crippen molar-refractivity contribution in [2.75, 3.05) is 0 Å². The third-order valence-electron chi connectivity index (χ3n) is 3.92. The Balaban J connectivity index is 2.10.